The summed E-state index contributed by atoms with van der Waals surface area (Å²) in [4.78, 5) is 0. The molecule has 2 rings (SSSR count). The number of aromatic hydroxyl groups is 1. The molecule has 0 aliphatic carbocycles. The molecular weight excluding hydrogens is 344 g/mol. The molecule has 1 saturated heterocycles. The molecule has 0 saturated carbocycles. The molecular formula is C18H28O8. The molecule has 1 aliphatic rings. The number of hydrogen-bond donors (Lipinski definition) is 6. The van der Waals surface area contributed by atoms with Gasteiger partial charge in [0.15, 0.2) is 0 Å². The standard InChI is InChI=1S/C18H28O8/c1-2-3-4-5-10-11(8-19)12(21)6-7-13(10)25-18-17(24)16(23)15(22)14(9-20)26-18/h6-7,14-24H,2-5,8-9H2,1H3/t14-,15-,16+,17-,18-/m1/s1. The number of benzene rings is 1. The summed E-state index contributed by atoms with van der Waals surface area (Å²) in [6.07, 6.45) is -3.60. The van der Waals surface area contributed by atoms with Gasteiger partial charge in [-0.3, -0.25) is 0 Å². The van der Waals surface area contributed by atoms with Crippen LogP contribution in [0.5, 0.6) is 11.5 Å². The summed E-state index contributed by atoms with van der Waals surface area (Å²) in [5.41, 5.74) is 0.932. The Hall–Kier alpha value is -1.42. The van der Waals surface area contributed by atoms with Gasteiger partial charge in [-0.25, -0.2) is 0 Å². The first kappa shape index (κ1) is 20.9. The molecule has 0 spiro atoms. The van der Waals surface area contributed by atoms with Crippen molar-refractivity contribution in [2.75, 3.05) is 6.61 Å². The van der Waals surface area contributed by atoms with Gasteiger partial charge in [-0.05, 0) is 25.0 Å². The van der Waals surface area contributed by atoms with Gasteiger partial charge in [0.25, 0.3) is 0 Å². The number of hydrogen-bond acceptors (Lipinski definition) is 8. The average molecular weight is 372 g/mol. The second-order valence-electron chi connectivity index (χ2n) is 6.47. The van der Waals surface area contributed by atoms with Crippen LogP contribution >= 0.6 is 0 Å². The van der Waals surface area contributed by atoms with E-state index < -0.39 is 37.3 Å². The van der Waals surface area contributed by atoms with Gasteiger partial charge in [-0.15, -0.1) is 0 Å². The van der Waals surface area contributed by atoms with Gasteiger partial charge in [0.05, 0.1) is 13.2 Å². The van der Waals surface area contributed by atoms with Crippen LogP contribution in [0.3, 0.4) is 0 Å². The van der Waals surface area contributed by atoms with E-state index in [1.807, 2.05) is 0 Å². The number of rotatable bonds is 8. The Morgan fingerprint density at radius 1 is 1.00 bits per heavy atom. The summed E-state index contributed by atoms with van der Waals surface area (Å²) in [6.45, 7) is 1.13. The van der Waals surface area contributed by atoms with Gasteiger partial charge in [0, 0.05) is 11.1 Å². The molecule has 0 unspecified atom stereocenters. The van der Waals surface area contributed by atoms with Crippen LogP contribution in [0.4, 0.5) is 0 Å². The van der Waals surface area contributed by atoms with Crippen molar-refractivity contribution in [1.29, 1.82) is 0 Å². The lowest BCUT2D eigenvalue weighted by molar-refractivity contribution is -0.277. The minimum absolute atomic E-state index is 0.0554. The molecule has 0 radical (unpaired) electrons. The summed E-state index contributed by atoms with van der Waals surface area (Å²) in [5.74, 6) is 0.243. The highest BCUT2D eigenvalue weighted by Gasteiger charge is 2.44. The number of aliphatic hydroxyl groups is 5. The molecule has 8 heteroatoms. The molecule has 5 atom stereocenters. The maximum absolute atomic E-state index is 10.1. The van der Waals surface area contributed by atoms with Crippen LogP contribution in [0.25, 0.3) is 0 Å². The quantitative estimate of drug-likeness (QED) is 0.345. The van der Waals surface area contributed by atoms with E-state index in [1.54, 1.807) is 0 Å². The number of ether oxygens (including phenoxy) is 2. The third-order valence-electron chi connectivity index (χ3n) is 4.64. The number of phenols is 1. The Balaban J connectivity index is 2.26. The molecule has 0 bridgehead atoms. The van der Waals surface area contributed by atoms with Crippen molar-refractivity contribution in [2.24, 2.45) is 0 Å². The second kappa shape index (κ2) is 9.50. The Bertz CT molecular complexity index is 577. The maximum Gasteiger partial charge on any atom is 0.229 e. The Morgan fingerprint density at radius 3 is 2.35 bits per heavy atom. The summed E-state index contributed by atoms with van der Waals surface area (Å²) < 4.78 is 11.1. The molecule has 148 valence electrons. The lowest BCUT2D eigenvalue weighted by Gasteiger charge is -2.39. The normalized spacial score (nSPS) is 28.9. The van der Waals surface area contributed by atoms with E-state index in [0.29, 0.717) is 23.3 Å². The highest BCUT2D eigenvalue weighted by atomic mass is 16.7. The van der Waals surface area contributed by atoms with Gasteiger partial charge in [-0.2, -0.15) is 0 Å². The van der Waals surface area contributed by atoms with E-state index in [0.717, 1.165) is 19.3 Å². The minimum atomic E-state index is -1.54. The average Bonchev–Trinajstić information content (AvgIpc) is 2.64. The van der Waals surface area contributed by atoms with Crippen molar-refractivity contribution in [3.8, 4) is 11.5 Å². The van der Waals surface area contributed by atoms with Crippen LogP contribution in [-0.2, 0) is 17.8 Å². The third-order valence-corrected chi connectivity index (χ3v) is 4.64. The zero-order valence-corrected chi connectivity index (χ0v) is 14.8. The summed E-state index contributed by atoms with van der Waals surface area (Å²) in [6, 6.07) is 2.87. The zero-order chi connectivity index (χ0) is 19.3. The summed E-state index contributed by atoms with van der Waals surface area (Å²) in [5, 5.41) is 58.7. The van der Waals surface area contributed by atoms with E-state index in [9.17, 15) is 30.6 Å². The van der Waals surface area contributed by atoms with Crippen LogP contribution in [0.2, 0.25) is 0 Å². The largest absolute Gasteiger partial charge is 0.508 e. The van der Waals surface area contributed by atoms with Crippen molar-refractivity contribution in [3.63, 3.8) is 0 Å². The van der Waals surface area contributed by atoms with Gasteiger partial charge >= 0.3 is 0 Å². The fourth-order valence-electron chi connectivity index (χ4n) is 3.06. The van der Waals surface area contributed by atoms with Gasteiger partial charge in [0.1, 0.15) is 35.9 Å². The van der Waals surface area contributed by atoms with Gasteiger partial charge < -0.3 is 40.1 Å². The second-order valence-corrected chi connectivity index (χ2v) is 6.47. The highest BCUT2D eigenvalue weighted by Crippen LogP contribution is 2.34. The predicted molar refractivity (Wildman–Crippen MR) is 91.7 cm³/mol. The maximum atomic E-state index is 10.1. The molecule has 6 N–H and O–H groups in total. The van der Waals surface area contributed by atoms with E-state index >= 15 is 0 Å². The van der Waals surface area contributed by atoms with Crippen LogP contribution in [0.1, 0.15) is 37.3 Å². The Kier molecular flexibility index (Phi) is 7.63. The molecule has 8 nitrogen and oxygen atoms in total. The first-order valence-electron chi connectivity index (χ1n) is 8.86. The molecule has 1 aromatic carbocycles. The number of aliphatic hydroxyl groups excluding tert-OH is 5. The van der Waals surface area contributed by atoms with E-state index in [4.69, 9.17) is 9.47 Å². The molecule has 26 heavy (non-hydrogen) atoms. The van der Waals surface area contributed by atoms with Crippen molar-refractivity contribution in [3.05, 3.63) is 23.3 Å². The van der Waals surface area contributed by atoms with E-state index in [-0.39, 0.29) is 12.4 Å². The van der Waals surface area contributed by atoms with Crippen molar-refractivity contribution in [1.82, 2.24) is 0 Å². The zero-order valence-electron chi connectivity index (χ0n) is 14.8. The molecule has 1 fully saturated rings. The van der Waals surface area contributed by atoms with Crippen LogP contribution in [0, 0.1) is 0 Å². The van der Waals surface area contributed by atoms with Gasteiger partial charge in [0.2, 0.25) is 6.29 Å². The molecule has 0 aromatic heterocycles. The summed E-state index contributed by atoms with van der Waals surface area (Å²) >= 11 is 0. The Labute approximate surface area is 152 Å². The van der Waals surface area contributed by atoms with Crippen molar-refractivity contribution >= 4 is 0 Å². The van der Waals surface area contributed by atoms with Crippen LogP contribution < -0.4 is 4.74 Å². The van der Waals surface area contributed by atoms with E-state index in [1.165, 1.54) is 12.1 Å². The number of unbranched alkanes of at least 4 members (excludes halogenated alkanes) is 2. The lowest BCUT2D eigenvalue weighted by Crippen LogP contribution is -2.60. The predicted octanol–water partition coefficient (Wildman–Crippen LogP) is -0.204. The lowest BCUT2D eigenvalue weighted by atomic mass is 9.98. The first-order chi connectivity index (χ1) is 12.4. The summed E-state index contributed by atoms with van der Waals surface area (Å²) in [7, 11) is 0. The third kappa shape index (κ3) is 4.46. The fraction of sp³-hybridized carbons (Fsp3) is 0.667. The molecule has 1 aromatic rings. The molecule has 1 heterocycles. The van der Waals surface area contributed by atoms with Gasteiger partial charge in [-0.1, -0.05) is 19.8 Å². The first-order valence-corrected chi connectivity index (χ1v) is 8.86. The SMILES string of the molecule is CCCCCc1c(O[C@@H]2O[C@H](CO)[C@@H](O)[C@H](O)[C@H]2O)ccc(O)c1CO. The monoisotopic (exact) mass is 372 g/mol. The Morgan fingerprint density at radius 2 is 1.73 bits per heavy atom. The van der Waals surface area contributed by atoms with Crippen molar-refractivity contribution in [2.45, 2.75) is 69.9 Å². The smallest absolute Gasteiger partial charge is 0.229 e. The minimum Gasteiger partial charge on any atom is -0.508 e. The highest BCUT2D eigenvalue weighted by molar-refractivity contribution is 5.48. The topological polar surface area (TPSA) is 140 Å². The fourth-order valence-corrected chi connectivity index (χ4v) is 3.06. The van der Waals surface area contributed by atoms with Crippen LogP contribution in [0.15, 0.2) is 12.1 Å². The molecule has 0 amide bonds. The molecule has 1 aliphatic heterocycles. The van der Waals surface area contributed by atoms with E-state index in [2.05, 4.69) is 6.92 Å². The van der Waals surface area contributed by atoms with Crippen molar-refractivity contribution < 1.29 is 40.1 Å². The van der Waals surface area contributed by atoms with Crippen LogP contribution in [-0.4, -0.2) is 68.0 Å².